The van der Waals surface area contributed by atoms with Crippen LogP contribution in [0.25, 0.3) is 10.8 Å². The minimum Gasteiger partial charge on any atom is -0.489 e. The Hall–Kier alpha value is -2.85. The van der Waals surface area contributed by atoms with E-state index in [-0.39, 0.29) is 11.8 Å². The summed E-state index contributed by atoms with van der Waals surface area (Å²) in [6.07, 6.45) is 1.69. The van der Waals surface area contributed by atoms with Crippen molar-refractivity contribution in [3.63, 3.8) is 0 Å². The molecule has 2 atom stereocenters. The molecular weight excluding hydrogens is 326 g/mol. The van der Waals surface area contributed by atoms with Gasteiger partial charge in [0, 0.05) is 5.92 Å². The molecule has 0 spiro atoms. The predicted molar refractivity (Wildman–Crippen MR) is 100.0 cm³/mol. The number of ether oxygens (including phenoxy) is 1. The maximum Gasteiger partial charge on any atom is 0.246 e. The first-order valence-electron chi connectivity index (χ1n) is 8.86. The number of amides is 1. The van der Waals surface area contributed by atoms with Gasteiger partial charge in [-0.3, -0.25) is 10.0 Å². The molecule has 0 aliphatic heterocycles. The summed E-state index contributed by atoms with van der Waals surface area (Å²) in [5.41, 5.74) is 4.06. The maximum atomic E-state index is 11.3. The summed E-state index contributed by atoms with van der Waals surface area (Å²) in [6.45, 7) is 0.533. The highest BCUT2D eigenvalue weighted by Gasteiger charge is 2.42. The minimum absolute atomic E-state index is 0.0520. The van der Waals surface area contributed by atoms with E-state index in [9.17, 15) is 4.79 Å². The number of hydroxylamine groups is 1. The van der Waals surface area contributed by atoms with Crippen LogP contribution in [0.5, 0.6) is 5.75 Å². The van der Waals surface area contributed by atoms with Gasteiger partial charge in [-0.25, -0.2) is 5.48 Å². The van der Waals surface area contributed by atoms with Crippen LogP contribution in [0.15, 0.2) is 66.7 Å². The van der Waals surface area contributed by atoms with Crippen LogP contribution in [0, 0.1) is 11.8 Å². The summed E-state index contributed by atoms with van der Waals surface area (Å²) in [7, 11) is 0. The summed E-state index contributed by atoms with van der Waals surface area (Å²) in [5, 5.41) is 11.1. The van der Waals surface area contributed by atoms with Crippen molar-refractivity contribution in [3.05, 3.63) is 77.9 Å². The van der Waals surface area contributed by atoms with Crippen molar-refractivity contribution in [1.29, 1.82) is 0 Å². The standard InChI is InChI=1S/C22H21NO3/c24-22(23-25)21-13-19(21)11-15-6-9-20(10-7-15)26-14-16-5-8-17-3-1-2-4-18(17)12-16/h1-10,12,19,21,25H,11,13-14H2,(H,23,24)/t19-,21+/m1/s1. The monoisotopic (exact) mass is 347 g/mol. The van der Waals surface area contributed by atoms with E-state index >= 15 is 0 Å². The third-order valence-corrected chi connectivity index (χ3v) is 5.01. The van der Waals surface area contributed by atoms with E-state index in [0.717, 1.165) is 24.2 Å². The smallest absolute Gasteiger partial charge is 0.246 e. The van der Waals surface area contributed by atoms with Gasteiger partial charge < -0.3 is 4.74 Å². The van der Waals surface area contributed by atoms with Gasteiger partial charge in [-0.15, -0.1) is 0 Å². The van der Waals surface area contributed by atoms with Crippen LogP contribution in [0.4, 0.5) is 0 Å². The zero-order chi connectivity index (χ0) is 17.9. The fraction of sp³-hybridized carbons (Fsp3) is 0.227. The number of hydrogen-bond donors (Lipinski definition) is 2. The van der Waals surface area contributed by atoms with E-state index in [2.05, 4.69) is 30.3 Å². The molecule has 3 aromatic rings. The van der Waals surface area contributed by atoms with Crippen molar-refractivity contribution in [2.75, 3.05) is 0 Å². The normalized spacial score (nSPS) is 18.5. The van der Waals surface area contributed by atoms with Gasteiger partial charge in [-0.1, -0.05) is 48.5 Å². The van der Waals surface area contributed by atoms with Crippen LogP contribution < -0.4 is 10.2 Å². The van der Waals surface area contributed by atoms with E-state index < -0.39 is 0 Å². The SMILES string of the molecule is O=C(NO)[C@H]1C[C@H]1Cc1ccc(OCc2ccc3ccccc3c2)cc1. The summed E-state index contributed by atoms with van der Waals surface area (Å²) in [5.74, 6) is 0.836. The molecule has 1 aliphatic carbocycles. The fourth-order valence-corrected chi connectivity index (χ4v) is 3.40. The van der Waals surface area contributed by atoms with Crippen molar-refractivity contribution in [2.45, 2.75) is 19.4 Å². The van der Waals surface area contributed by atoms with E-state index in [1.165, 1.54) is 16.3 Å². The molecule has 4 nitrogen and oxygen atoms in total. The molecule has 132 valence electrons. The lowest BCUT2D eigenvalue weighted by Crippen LogP contribution is -2.21. The quantitative estimate of drug-likeness (QED) is 0.521. The molecule has 4 heteroatoms. The van der Waals surface area contributed by atoms with E-state index in [4.69, 9.17) is 9.94 Å². The van der Waals surface area contributed by atoms with Crippen molar-refractivity contribution in [3.8, 4) is 5.75 Å². The first-order valence-corrected chi connectivity index (χ1v) is 8.86. The molecule has 4 rings (SSSR count). The summed E-state index contributed by atoms with van der Waals surface area (Å²) in [4.78, 5) is 11.3. The Morgan fingerprint density at radius 3 is 2.50 bits per heavy atom. The molecule has 1 fully saturated rings. The molecule has 0 saturated heterocycles. The third-order valence-electron chi connectivity index (χ3n) is 5.01. The number of benzene rings is 3. The summed E-state index contributed by atoms with van der Waals surface area (Å²) >= 11 is 0. The molecule has 0 heterocycles. The lowest BCUT2D eigenvalue weighted by atomic mass is 10.1. The first kappa shape index (κ1) is 16.6. The average Bonchev–Trinajstić information content (AvgIpc) is 3.46. The molecule has 1 amide bonds. The Bertz CT molecular complexity index is 920. The van der Waals surface area contributed by atoms with Gasteiger partial charge in [0.2, 0.25) is 5.91 Å². The second-order valence-corrected chi connectivity index (χ2v) is 6.90. The van der Waals surface area contributed by atoms with E-state index in [1.807, 2.05) is 36.4 Å². The predicted octanol–water partition coefficient (Wildman–Crippen LogP) is 4.10. The topological polar surface area (TPSA) is 58.6 Å². The van der Waals surface area contributed by atoms with Crippen molar-refractivity contribution in [1.82, 2.24) is 5.48 Å². The number of carbonyl (C=O) groups is 1. The number of carbonyl (C=O) groups excluding carboxylic acids is 1. The number of hydrogen-bond acceptors (Lipinski definition) is 3. The largest absolute Gasteiger partial charge is 0.489 e. The van der Waals surface area contributed by atoms with Gasteiger partial charge >= 0.3 is 0 Å². The van der Waals surface area contributed by atoms with Crippen molar-refractivity contribution in [2.24, 2.45) is 11.8 Å². The number of rotatable bonds is 6. The summed E-state index contributed by atoms with van der Waals surface area (Å²) in [6, 6.07) is 22.7. The van der Waals surface area contributed by atoms with Gasteiger partial charge in [0.1, 0.15) is 12.4 Å². The molecule has 0 aromatic heterocycles. The number of nitrogens with one attached hydrogen (secondary N) is 1. The highest BCUT2D eigenvalue weighted by atomic mass is 16.5. The Kier molecular flexibility index (Phi) is 4.59. The van der Waals surface area contributed by atoms with Crippen LogP contribution in [0.2, 0.25) is 0 Å². The molecule has 0 bridgehead atoms. The van der Waals surface area contributed by atoms with Crippen LogP contribution in [-0.2, 0) is 17.8 Å². The van der Waals surface area contributed by atoms with E-state index in [0.29, 0.717) is 12.5 Å². The molecular formula is C22H21NO3. The van der Waals surface area contributed by atoms with Crippen LogP contribution in [0.3, 0.4) is 0 Å². The molecule has 0 radical (unpaired) electrons. The van der Waals surface area contributed by atoms with Crippen LogP contribution in [-0.4, -0.2) is 11.1 Å². The third kappa shape index (κ3) is 3.70. The molecule has 26 heavy (non-hydrogen) atoms. The first-order chi connectivity index (χ1) is 12.7. The van der Waals surface area contributed by atoms with Crippen LogP contribution >= 0.6 is 0 Å². The highest BCUT2D eigenvalue weighted by Crippen LogP contribution is 2.41. The molecule has 0 unspecified atom stereocenters. The van der Waals surface area contributed by atoms with Gasteiger partial charge in [0.25, 0.3) is 0 Å². The lowest BCUT2D eigenvalue weighted by molar-refractivity contribution is -0.130. The molecule has 1 aliphatic rings. The Morgan fingerprint density at radius 2 is 1.73 bits per heavy atom. The molecule has 3 aromatic carbocycles. The van der Waals surface area contributed by atoms with Crippen molar-refractivity contribution < 1.29 is 14.7 Å². The van der Waals surface area contributed by atoms with Crippen molar-refractivity contribution >= 4 is 16.7 Å². The maximum absolute atomic E-state index is 11.3. The van der Waals surface area contributed by atoms with Gasteiger partial charge in [0.05, 0.1) is 0 Å². The van der Waals surface area contributed by atoms with Gasteiger partial charge in [-0.05, 0) is 58.9 Å². The Balaban J connectivity index is 1.33. The van der Waals surface area contributed by atoms with Gasteiger partial charge in [-0.2, -0.15) is 0 Å². The highest BCUT2D eigenvalue weighted by molar-refractivity contribution is 5.83. The zero-order valence-electron chi connectivity index (χ0n) is 14.4. The molecule has 2 N–H and O–H groups in total. The summed E-state index contributed by atoms with van der Waals surface area (Å²) < 4.78 is 5.90. The second-order valence-electron chi connectivity index (χ2n) is 6.90. The zero-order valence-corrected chi connectivity index (χ0v) is 14.4. The molecule has 1 saturated carbocycles. The Labute approximate surface area is 152 Å². The minimum atomic E-state index is -0.273. The van der Waals surface area contributed by atoms with E-state index in [1.54, 1.807) is 5.48 Å². The number of fused-ring (bicyclic) bond motifs is 1. The fourth-order valence-electron chi connectivity index (χ4n) is 3.40. The second kappa shape index (κ2) is 7.18. The average molecular weight is 347 g/mol. The van der Waals surface area contributed by atoms with Gasteiger partial charge in [0.15, 0.2) is 0 Å². The van der Waals surface area contributed by atoms with Crippen LogP contribution in [0.1, 0.15) is 17.5 Å². The Morgan fingerprint density at radius 1 is 1.00 bits per heavy atom. The lowest BCUT2D eigenvalue weighted by Gasteiger charge is -2.08.